The Labute approximate surface area is 130 Å². The van der Waals surface area contributed by atoms with E-state index in [0.29, 0.717) is 6.61 Å². The molecule has 1 aromatic carbocycles. The molecular formula is C17H22O5. The molecule has 0 bridgehead atoms. The van der Waals surface area contributed by atoms with Gasteiger partial charge in [-0.2, -0.15) is 0 Å². The third-order valence-corrected chi connectivity index (χ3v) is 4.11. The van der Waals surface area contributed by atoms with Gasteiger partial charge in [-0.25, -0.2) is 0 Å². The number of benzene rings is 1. The maximum atomic E-state index is 10.0. The lowest BCUT2D eigenvalue weighted by Gasteiger charge is -2.35. The van der Waals surface area contributed by atoms with Crippen LogP contribution in [0.15, 0.2) is 43.0 Å². The zero-order chi connectivity index (χ0) is 15.8. The lowest BCUT2D eigenvalue weighted by Crippen LogP contribution is -2.53. The van der Waals surface area contributed by atoms with E-state index in [1.807, 2.05) is 44.2 Å². The second kappa shape index (κ2) is 5.76. The summed E-state index contributed by atoms with van der Waals surface area (Å²) in [5.74, 6) is -0.766. The second-order valence-electron chi connectivity index (χ2n) is 6.10. The van der Waals surface area contributed by atoms with E-state index in [9.17, 15) is 5.11 Å². The van der Waals surface area contributed by atoms with Crippen LogP contribution in [0.2, 0.25) is 0 Å². The fraction of sp³-hybridized carbons (Fsp3) is 0.529. The van der Waals surface area contributed by atoms with E-state index < -0.39 is 29.9 Å². The molecule has 0 saturated carbocycles. The molecule has 0 aromatic heterocycles. The normalized spacial score (nSPS) is 36.2. The molecule has 3 rings (SSSR count). The van der Waals surface area contributed by atoms with Crippen molar-refractivity contribution in [2.45, 2.75) is 50.3 Å². The Morgan fingerprint density at radius 1 is 1.27 bits per heavy atom. The van der Waals surface area contributed by atoms with Crippen LogP contribution in [0.4, 0.5) is 0 Å². The number of ether oxygens (including phenoxy) is 4. The average Bonchev–Trinajstić information content (AvgIpc) is 2.96. The van der Waals surface area contributed by atoms with Crippen LogP contribution in [-0.2, 0) is 25.6 Å². The molecule has 0 amide bonds. The summed E-state index contributed by atoms with van der Waals surface area (Å²) in [6, 6.07) is 9.78. The third kappa shape index (κ3) is 2.59. The van der Waals surface area contributed by atoms with Gasteiger partial charge in [0.25, 0.3) is 0 Å². The Balaban J connectivity index is 1.83. The highest BCUT2D eigenvalue weighted by Gasteiger charge is 2.63. The van der Waals surface area contributed by atoms with Gasteiger partial charge in [0, 0.05) is 0 Å². The van der Waals surface area contributed by atoms with Crippen molar-refractivity contribution in [3.8, 4) is 0 Å². The number of rotatable bonds is 5. The van der Waals surface area contributed by atoms with Crippen molar-refractivity contribution in [2.75, 3.05) is 6.61 Å². The Morgan fingerprint density at radius 3 is 2.64 bits per heavy atom. The van der Waals surface area contributed by atoms with Crippen LogP contribution in [0.3, 0.4) is 0 Å². The van der Waals surface area contributed by atoms with E-state index in [1.54, 1.807) is 6.08 Å². The molecule has 1 unspecified atom stereocenters. The van der Waals surface area contributed by atoms with Crippen molar-refractivity contribution < 1.29 is 24.1 Å². The summed E-state index contributed by atoms with van der Waals surface area (Å²) in [4.78, 5) is 0. The van der Waals surface area contributed by atoms with E-state index in [0.717, 1.165) is 5.56 Å². The predicted molar refractivity (Wildman–Crippen MR) is 79.9 cm³/mol. The zero-order valence-corrected chi connectivity index (χ0v) is 12.9. The number of hydrogen-bond donors (Lipinski definition) is 1. The minimum atomic E-state index is -1.02. The molecule has 2 aliphatic heterocycles. The first-order chi connectivity index (χ1) is 10.5. The van der Waals surface area contributed by atoms with Crippen molar-refractivity contribution in [1.82, 2.24) is 0 Å². The lowest BCUT2D eigenvalue weighted by molar-refractivity contribution is -0.237. The van der Waals surface area contributed by atoms with Crippen molar-refractivity contribution in [3.63, 3.8) is 0 Å². The number of hydrogen-bond acceptors (Lipinski definition) is 5. The zero-order valence-electron chi connectivity index (χ0n) is 12.9. The highest BCUT2D eigenvalue weighted by Crippen LogP contribution is 2.45. The highest BCUT2D eigenvalue weighted by molar-refractivity contribution is 5.16. The number of aliphatic hydroxyl groups excluding tert-OH is 1. The molecule has 1 N–H and O–H groups in total. The van der Waals surface area contributed by atoms with Gasteiger partial charge in [-0.05, 0) is 19.4 Å². The van der Waals surface area contributed by atoms with E-state index in [4.69, 9.17) is 18.9 Å². The van der Waals surface area contributed by atoms with Gasteiger partial charge in [0.1, 0.15) is 12.2 Å². The van der Waals surface area contributed by atoms with Gasteiger partial charge in [0.05, 0.1) is 13.2 Å². The fourth-order valence-corrected chi connectivity index (χ4v) is 3.02. The standard InChI is InChI=1S/C17H22O5/c1-4-13-17(11-18,19-10-12-8-6-5-7-9-12)14-15(20-13)22-16(2,3)21-14/h4-9,13-15,18H,1,10-11H2,2-3H3/t13-,14+,15-,17?/m1/s1. The molecule has 1 aromatic rings. The minimum Gasteiger partial charge on any atom is -0.393 e. The average molecular weight is 306 g/mol. The summed E-state index contributed by atoms with van der Waals surface area (Å²) < 4.78 is 23.6. The van der Waals surface area contributed by atoms with E-state index >= 15 is 0 Å². The Morgan fingerprint density at radius 2 is 2.00 bits per heavy atom. The fourth-order valence-electron chi connectivity index (χ4n) is 3.02. The topological polar surface area (TPSA) is 57.2 Å². The first-order valence-corrected chi connectivity index (χ1v) is 7.43. The van der Waals surface area contributed by atoms with Gasteiger partial charge in [-0.15, -0.1) is 6.58 Å². The monoisotopic (exact) mass is 306 g/mol. The van der Waals surface area contributed by atoms with E-state index in [1.165, 1.54) is 0 Å². The maximum absolute atomic E-state index is 10.0. The Kier molecular flexibility index (Phi) is 4.09. The van der Waals surface area contributed by atoms with Gasteiger partial charge in [-0.3, -0.25) is 0 Å². The van der Waals surface area contributed by atoms with Gasteiger partial charge >= 0.3 is 0 Å². The summed E-state index contributed by atoms with van der Waals surface area (Å²) >= 11 is 0. The molecule has 0 spiro atoms. The van der Waals surface area contributed by atoms with Crippen molar-refractivity contribution in [1.29, 1.82) is 0 Å². The molecule has 4 atom stereocenters. The maximum Gasteiger partial charge on any atom is 0.191 e. The van der Waals surface area contributed by atoms with Gasteiger partial charge in [0.15, 0.2) is 17.7 Å². The van der Waals surface area contributed by atoms with Crippen molar-refractivity contribution >= 4 is 0 Å². The third-order valence-electron chi connectivity index (χ3n) is 4.11. The lowest BCUT2D eigenvalue weighted by atomic mass is 9.92. The first-order valence-electron chi connectivity index (χ1n) is 7.43. The molecule has 2 aliphatic rings. The van der Waals surface area contributed by atoms with Crippen LogP contribution in [0.5, 0.6) is 0 Å². The molecule has 120 valence electrons. The van der Waals surface area contributed by atoms with Crippen LogP contribution in [0.1, 0.15) is 19.4 Å². The van der Waals surface area contributed by atoms with Gasteiger partial charge < -0.3 is 24.1 Å². The SMILES string of the molecule is C=C[C@H]1O[C@@H]2OC(C)(C)O[C@@H]2C1(CO)OCc1ccccc1. The van der Waals surface area contributed by atoms with Crippen LogP contribution in [-0.4, -0.2) is 41.6 Å². The number of fused-ring (bicyclic) bond motifs is 1. The van der Waals surface area contributed by atoms with Crippen molar-refractivity contribution in [2.24, 2.45) is 0 Å². The summed E-state index contributed by atoms with van der Waals surface area (Å²) in [6.07, 6.45) is 0.0617. The van der Waals surface area contributed by atoms with E-state index in [2.05, 4.69) is 6.58 Å². The quantitative estimate of drug-likeness (QED) is 0.843. The Hall–Kier alpha value is -1.24. The number of aliphatic hydroxyl groups is 1. The van der Waals surface area contributed by atoms with Crippen LogP contribution in [0, 0.1) is 0 Å². The Bertz CT molecular complexity index is 529. The second-order valence-corrected chi connectivity index (χ2v) is 6.10. The summed E-state index contributed by atoms with van der Waals surface area (Å²) in [5, 5.41) is 10.0. The molecule has 0 radical (unpaired) electrons. The van der Waals surface area contributed by atoms with Crippen LogP contribution in [0.25, 0.3) is 0 Å². The summed E-state index contributed by atoms with van der Waals surface area (Å²) in [6.45, 7) is 7.52. The molecule has 2 heterocycles. The minimum absolute atomic E-state index is 0.239. The highest BCUT2D eigenvalue weighted by atomic mass is 16.8. The summed E-state index contributed by atoms with van der Waals surface area (Å²) in [5.41, 5.74) is -0.00416. The predicted octanol–water partition coefficient (Wildman–Crippen LogP) is 2.00. The smallest absolute Gasteiger partial charge is 0.191 e. The molecule has 2 fully saturated rings. The molecular weight excluding hydrogens is 284 g/mol. The van der Waals surface area contributed by atoms with Crippen LogP contribution < -0.4 is 0 Å². The van der Waals surface area contributed by atoms with E-state index in [-0.39, 0.29) is 6.61 Å². The first kappa shape index (κ1) is 15.6. The molecule has 2 saturated heterocycles. The molecule has 5 heteroatoms. The van der Waals surface area contributed by atoms with Gasteiger partial charge in [0.2, 0.25) is 0 Å². The van der Waals surface area contributed by atoms with Gasteiger partial charge in [-0.1, -0.05) is 36.4 Å². The van der Waals surface area contributed by atoms with Crippen LogP contribution >= 0.6 is 0 Å². The van der Waals surface area contributed by atoms with Crippen molar-refractivity contribution in [3.05, 3.63) is 48.6 Å². The largest absolute Gasteiger partial charge is 0.393 e. The summed E-state index contributed by atoms with van der Waals surface area (Å²) in [7, 11) is 0. The molecule has 5 nitrogen and oxygen atoms in total. The molecule has 22 heavy (non-hydrogen) atoms. The molecule has 0 aliphatic carbocycles.